The molecule has 2 amide bonds. The smallest absolute Gasteiger partial charge is 0.246 e. The second kappa shape index (κ2) is 5.90. The van der Waals surface area contributed by atoms with E-state index in [1.165, 1.54) is 0 Å². The lowest BCUT2D eigenvalue weighted by Gasteiger charge is -2.42. The van der Waals surface area contributed by atoms with Gasteiger partial charge >= 0.3 is 0 Å². The standard InChI is InChI=1S/C14H24N2O3/c1-4-11-14(18)16(10-5-6-19-8-10)12(7-9(2)3)13(17)15-11/h9-12H,4-8H2,1-3H3,(H,15,17). The third-order valence-electron chi connectivity index (χ3n) is 3.91. The number of carbonyl (C=O) groups is 2. The van der Waals surface area contributed by atoms with E-state index in [0.717, 1.165) is 6.42 Å². The molecule has 2 fully saturated rings. The molecule has 0 radical (unpaired) electrons. The van der Waals surface area contributed by atoms with E-state index < -0.39 is 0 Å². The van der Waals surface area contributed by atoms with E-state index in [1.54, 1.807) is 4.90 Å². The minimum Gasteiger partial charge on any atom is -0.379 e. The zero-order chi connectivity index (χ0) is 14.0. The van der Waals surface area contributed by atoms with E-state index in [2.05, 4.69) is 19.2 Å². The molecule has 0 saturated carbocycles. The van der Waals surface area contributed by atoms with Crippen LogP contribution in [-0.2, 0) is 14.3 Å². The second-order valence-corrected chi connectivity index (χ2v) is 5.88. The van der Waals surface area contributed by atoms with Gasteiger partial charge in [0.05, 0.1) is 12.6 Å². The van der Waals surface area contributed by atoms with E-state index in [9.17, 15) is 9.59 Å². The van der Waals surface area contributed by atoms with Crippen LogP contribution in [0.25, 0.3) is 0 Å². The summed E-state index contributed by atoms with van der Waals surface area (Å²) in [5, 5.41) is 2.85. The first kappa shape index (κ1) is 14.3. The van der Waals surface area contributed by atoms with Crippen LogP contribution in [0.2, 0.25) is 0 Å². The summed E-state index contributed by atoms with van der Waals surface area (Å²) < 4.78 is 5.39. The van der Waals surface area contributed by atoms with Gasteiger partial charge in [0, 0.05) is 6.61 Å². The van der Waals surface area contributed by atoms with Crippen LogP contribution in [-0.4, -0.2) is 48.1 Å². The maximum Gasteiger partial charge on any atom is 0.246 e. The Morgan fingerprint density at radius 1 is 1.42 bits per heavy atom. The summed E-state index contributed by atoms with van der Waals surface area (Å²) in [5.74, 6) is 0.432. The van der Waals surface area contributed by atoms with Crippen molar-refractivity contribution in [2.24, 2.45) is 5.92 Å². The summed E-state index contributed by atoms with van der Waals surface area (Å²) in [6, 6.07) is -0.630. The number of amides is 2. The maximum atomic E-state index is 12.5. The van der Waals surface area contributed by atoms with Crippen molar-refractivity contribution in [3.8, 4) is 0 Å². The molecule has 108 valence electrons. The summed E-state index contributed by atoms with van der Waals surface area (Å²) in [5.41, 5.74) is 0. The van der Waals surface area contributed by atoms with Crippen LogP contribution in [0.5, 0.6) is 0 Å². The molecule has 19 heavy (non-hydrogen) atoms. The molecule has 0 aromatic carbocycles. The summed E-state index contributed by atoms with van der Waals surface area (Å²) in [7, 11) is 0. The highest BCUT2D eigenvalue weighted by atomic mass is 16.5. The lowest BCUT2D eigenvalue weighted by Crippen LogP contribution is -2.66. The van der Waals surface area contributed by atoms with Gasteiger partial charge in [0.25, 0.3) is 0 Å². The molecule has 5 nitrogen and oxygen atoms in total. The molecule has 2 rings (SSSR count). The van der Waals surface area contributed by atoms with Crippen molar-refractivity contribution in [3.63, 3.8) is 0 Å². The molecule has 2 heterocycles. The molecule has 0 aromatic heterocycles. The summed E-state index contributed by atoms with van der Waals surface area (Å²) in [6.07, 6.45) is 2.19. The highest BCUT2D eigenvalue weighted by molar-refractivity contribution is 5.97. The summed E-state index contributed by atoms with van der Waals surface area (Å²) in [4.78, 5) is 26.6. The fraction of sp³-hybridized carbons (Fsp3) is 0.857. The Balaban J connectivity index is 2.22. The zero-order valence-electron chi connectivity index (χ0n) is 12.0. The first-order valence-electron chi connectivity index (χ1n) is 7.24. The number of nitrogens with zero attached hydrogens (tertiary/aromatic N) is 1. The van der Waals surface area contributed by atoms with E-state index in [-0.39, 0.29) is 29.9 Å². The molecule has 3 atom stereocenters. The fourth-order valence-electron chi connectivity index (χ4n) is 2.91. The summed E-state index contributed by atoms with van der Waals surface area (Å²) in [6.45, 7) is 7.32. The molecule has 2 aliphatic heterocycles. The molecule has 1 N–H and O–H groups in total. The third kappa shape index (κ3) is 2.91. The average Bonchev–Trinajstić information content (AvgIpc) is 2.86. The van der Waals surface area contributed by atoms with Gasteiger partial charge in [-0.15, -0.1) is 0 Å². The monoisotopic (exact) mass is 268 g/mol. The van der Waals surface area contributed by atoms with Gasteiger partial charge in [-0.05, 0) is 25.2 Å². The minimum absolute atomic E-state index is 0.00736. The van der Waals surface area contributed by atoms with Crippen molar-refractivity contribution < 1.29 is 14.3 Å². The van der Waals surface area contributed by atoms with Crippen LogP contribution in [0.3, 0.4) is 0 Å². The highest BCUT2D eigenvalue weighted by Gasteiger charge is 2.43. The predicted octanol–water partition coefficient (Wildman–Crippen LogP) is 0.927. The normalized spacial score (nSPS) is 32.0. The molecule has 0 aliphatic carbocycles. The van der Waals surface area contributed by atoms with Crippen molar-refractivity contribution in [2.45, 2.75) is 58.2 Å². The Bertz CT molecular complexity index is 351. The number of ether oxygens (including phenoxy) is 1. The van der Waals surface area contributed by atoms with Gasteiger partial charge in [0.2, 0.25) is 11.8 Å². The van der Waals surface area contributed by atoms with Crippen LogP contribution in [0.1, 0.15) is 40.0 Å². The Labute approximate surface area is 114 Å². The van der Waals surface area contributed by atoms with E-state index in [1.807, 2.05) is 6.92 Å². The van der Waals surface area contributed by atoms with Crippen LogP contribution in [0.15, 0.2) is 0 Å². The van der Waals surface area contributed by atoms with Crippen LogP contribution >= 0.6 is 0 Å². The Hall–Kier alpha value is -1.10. The number of nitrogens with one attached hydrogen (secondary N) is 1. The molecule has 2 saturated heterocycles. The second-order valence-electron chi connectivity index (χ2n) is 5.88. The van der Waals surface area contributed by atoms with Gasteiger partial charge in [0.1, 0.15) is 12.1 Å². The van der Waals surface area contributed by atoms with Crippen LogP contribution in [0.4, 0.5) is 0 Å². The SMILES string of the molecule is CCC1NC(=O)C(CC(C)C)N(C2CCOC2)C1=O. The van der Waals surface area contributed by atoms with Gasteiger partial charge in [-0.1, -0.05) is 20.8 Å². The lowest BCUT2D eigenvalue weighted by atomic mass is 9.95. The number of hydrogen-bond donors (Lipinski definition) is 1. The van der Waals surface area contributed by atoms with Gasteiger partial charge in [-0.2, -0.15) is 0 Å². The number of carbonyl (C=O) groups excluding carboxylic acids is 2. The van der Waals surface area contributed by atoms with Crippen molar-refractivity contribution in [2.75, 3.05) is 13.2 Å². The Kier molecular flexibility index (Phi) is 4.45. The molecule has 5 heteroatoms. The largest absolute Gasteiger partial charge is 0.379 e. The molecule has 0 spiro atoms. The van der Waals surface area contributed by atoms with Gasteiger partial charge < -0.3 is 15.0 Å². The lowest BCUT2D eigenvalue weighted by molar-refractivity contribution is -0.153. The average molecular weight is 268 g/mol. The van der Waals surface area contributed by atoms with E-state index in [0.29, 0.717) is 32.0 Å². The Morgan fingerprint density at radius 3 is 2.68 bits per heavy atom. The van der Waals surface area contributed by atoms with Gasteiger partial charge in [0.15, 0.2) is 0 Å². The molecule has 0 aromatic rings. The molecular formula is C14H24N2O3. The molecule has 2 aliphatic rings. The Morgan fingerprint density at radius 2 is 2.16 bits per heavy atom. The molecule has 3 unspecified atom stereocenters. The van der Waals surface area contributed by atoms with E-state index >= 15 is 0 Å². The first-order chi connectivity index (χ1) is 9.04. The topological polar surface area (TPSA) is 58.6 Å². The number of hydrogen-bond acceptors (Lipinski definition) is 3. The first-order valence-corrected chi connectivity index (χ1v) is 7.24. The zero-order valence-corrected chi connectivity index (χ0v) is 12.0. The molecular weight excluding hydrogens is 244 g/mol. The number of piperazine rings is 1. The van der Waals surface area contributed by atoms with E-state index in [4.69, 9.17) is 4.74 Å². The maximum absolute atomic E-state index is 12.5. The predicted molar refractivity (Wildman–Crippen MR) is 71.5 cm³/mol. The highest BCUT2D eigenvalue weighted by Crippen LogP contribution is 2.24. The quantitative estimate of drug-likeness (QED) is 0.825. The molecule has 0 bridgehead atoms. The van der Waals surface area contributed by atoms with Gasteiger partial charge in [-0.25, -0.2) is 0 Å². The van der Waals surface area contributed by atoms with Crippen molar-refractivity contribution >= 4 is 11.8 Å². The van der Waals surface area contributed by atoms with Gasteiger partial charge in [-0.3, -0.25) is 9.59 Å². The minimum atomic E-state index is -0.364. The summed E-state index contributed by atoms with van der Waals surface area (Å²) >= 11 is 0. The third-order valence-corrected chi connectivity index (χ3v) is 3.91. The van der Waals surface area contributed by atoms with Crippen molar-refractivity contribution in [1.29, 1.82) is 0 Å². The van der Waals surface area contributed by atoms with Crippen LogP contribution in [0, 0.1) is 5.92 Å². The van der Waals surface area contributed by atoms with Crippen molar-refractivity contribution in [1.82, 2.24) is 10.2 Å². The fourth-order valence-corrected chi connectivity index (χ4v) is 2.91. The number of rotatable bonds is 4. The van der Waals surface area contributed by atoms with Crippen molar-refractivity contribution in [3.05, 3.63) is 0 Å². The van der Waals surface area contributed by atoms with Crippen LogP contribution < -0.4 is 5.32 Å².